The van der Waals surface area contributed by atoms with E-state index < -0.39 is 17.3 Å². The number of carboxylic acid groups (broad SMARTS) is 1. The molecule has 8 nitrogen and oxygen atoms in total. The molecule has 4 unspecified atom stereocenters. The van der Waals surface area contributed by atoms with Crippen molar-refractivity contribution in [3.8, 4) is 0 Å². The van der Waals surface area contributed by atoms with Crippen LogP contribution in [0, 0.1) is 17.8 Å². The zero-order chi connectivity index (χ0) is 21.0. The van der Waals surface area contributed by atoms with Gasteiger partial charge in [-0.1, -0.05) is 18.1 Å². The van der Waals surface area contributed by atoms with Gasteiger partial charge in [0.05, 0.1) is 12.2 Å². The number of carboxylic acids is 1. The van der Waals surface area contributed by atoms with Crippen LogP contribution in [-0.4, -0.2) is 38.0 Å². The summed E-state index contributed by atoms with van der Waals surface area (Å²) in [5.41, 5.74) is 1.42. The molecule has 2 aliphatic carbocycles. The van der Waals surface area contributed by atoms with Gasteiger partial charge in [-0.2, -0.15) is 0 Å². The molecule has 1 aliphatic heterocycles. The summed E-state index contributed by atoms with van der Waals surface area (Å²) >= 11 is 0. The van der Waals surface area contributed by atoms with E-state index in [0.717, 1.165) is 17.5 Å². The van der Waals surface area contributed by atoms with Crippen molar-refractivity contribution in [2.24, 2.45) is 17.8 Å². The van der Waals surface area contributed by atoms with Crippen molar-refractivity contribution in [1.29, 1.82) is 0 Å². The van der Waals surface area contributed by atoms with Crippen molar-refractivity contribution >= 4 is 16.9 Å². The maximum atomic E-state index is 12.1. The monoisotopic (exact) mass is 409 g/mol. The number of hydrogen-bond acceptors (Lipinski definition) is 5. The molecular formula is C22H23N3O5. The zero-order valence-corrected chi connectivity index (χ0v) is 17.0. The quantitative estimate of drug-likeness (QED) is 0.686. The Labute approximate surface area is 171 Å². The van der Waals surface area contributed by atoms with Crippen LogP contribution in [0.25, 0.3) is 10.9 Å². The van der Waals surface area contributed by atoms with Crippen molar-refractivity contribution in [2.75, 3.05) is 6.61 Å². The van der Waals surface area contributed by atoms with E-state index in [4.69, 9.17) is 9.26 Å². The van der Waals surface area contributed by atoms with Crippen molar-refractivity contribution in [2.45, 2.75) is 44.2 Å². The van der Waals surface area contributed by atoms with Crippen LogP contribution in [0.5, 0.6) is 0 Å². The molecule has 156 valence electrons. The number of fused-ring (bicyclic) bond motifs is 2. The largest absolute Gasteiger partial charge is 0.477 e. The van der Waals surface area contributed by atoms with Crippen LogP contribution in [0.3, 0.4) is 0 Å². The Hall–Kier alpha value is -2.87. The standard InChI is InChI=1S/C22H23N3O5/c1-10-8-22(10,19-23-20(28)30-24-19)25-14-5-4-11(6-12(14)7-15(25)18(26)27)16-13-9-29-21(2,3)17(13)16/h4-7,10,13,16-17H,8-9H2,1-3H3,(H,26,27)(H,23,24,28)/t10-,13?,16?,17?,22?/m0/s1. The fourth-order valence-corrected chi connectivity index (χ4v) is 5.99. The summed E-state index contributed by atoms with van der Waals surface area (Å²) in [5.74, 6) is 0.348. The van der Waals surface area contributed by atoms with Crippen molar-refractivity contribution in [3.05, 3.63) is 51.9 Å². The van der Waals surface area contributed by atoms with Gasteiger partial charge in [0.15, 0.2) is 5.82 Å². The highest BCUT2D eigenvalue weighted by atomic mass is 16.5. The summed E-state index contributed by atoms with van der Waals surface area (Å²) in [6, 6.07) is 7.95. The van der Waals surface area contributed by atoms with E-state index in [9.17, 15) is 14.7 Å². The second kappa shape index (κ2) is 5.43. The first kappa shape index (κ1) is 17.9. The van der Waals surface area contributed by atoms with Gasteiger partial charge in [0.25, 0.3) is 0 Å². The summed E-state index contributed by atoms with van der Waals surface area (Å²) < 4.78 is 12.4. The van der Waals surface area contributed by atoms with Gasteiger partial charge in [0.2, 0.25) is 0 Å². The molecule has 3 fully saturated rings. The number of nitrogens with zero attached hydrogens (tertiary/aromatic N) is 2. The molecule has 0 bridgehead atoms. The van der Waals surface area contributed by atoms with Crippen LogP contribution in [0.4, 0.5) is 0 Å². The number of aromatic amines is 1. The molecule has 5 atom stereocenters. The average molecular weight is 409 g/mol. The Balaban J connectivity index is 1.49. The maximum Gasteiger partial charge on any atom is 0.438 e. The smallest absolute Gasteiger partial charge is 0.438 e. The molecule has 0 radical (unpaired) electrons. The molecule has 6 rings (SSSR count). The Bertz CT molecular complexity index is 1270. The Morgan fingerprint density at radius 3 is 2.67 bits per heavy atom. The highest BCUT2D eigenvalue weighted by molar-refractivity contribution is 5.95. The minimum absolute atomic E-state index is 0.116. The lowest BCUT2D eigenvalue weighted by atomic mass is 9.98. The number of rotatable bonds is 4. The van der Waals surface area contributed by atoms with E-state index >= 15 is 0 Å². The predicted molar refractivity (Wildman–Crippen MR) is 107 cm³/mol. The van der Waals surface area contributed by atoms with Crippen LogP contribution in [0.15, 0.2) is 33.6 Å². The summed E-state index contributed by atoms with van der Waals surface area (Å²) in [6.45, 7) is 7.09. The number of ether oxygens (including phenoxy) is 1. The molecule has 30 heavy (non-hydrogen) atoms. The normalized spacial score (nSPS) is 33.6. The zero-order valence-electron chi connectivity index (χ0n) is 17.0. The lowest BCUT2D eigenvalue weighted by Crippen LogP contribution is -2.26. The fourth-order valence-electron chi connectivity index (χ4n) is 5.99. The minimum Gasteiger partial charge on any atom is -0.477 e. The van der Waals surface area contributed by atoms with Gasteiger partial charge in [-0.05, 0) is 61.8 Å². The van der Waals surface area contributed by atoms with Crippen LogP contribution in [0.2, 0.25) is 0 Å². The number of nitrogens with one attached hydrogen (secondary N) is 1. The van der Waals surface area contributed by atoms with Gasteiger partial charge >= 0.3 is 11.7 Å². The molecule has 3 aliphatic rings. The van der Waals surface area contributed by atoms with Crippen molar-refractivity contribution in [3.63, 3.8) is 0 Å². The second-order valence-electron chi connectivity index (χ2n) is 9.59. The van der Waals surface area contributed by atoms with E-state index in [1.807, 2.05) is 17.6 Å². The Kier molecular flexibility index (Phi) is 3.25. The summed E-state index contributed by atoms with van der Waals surface area (Å²) in [4.78, 5) is 26.4. The topological polar surface area (TPSA) is 110 Å². The fraction of sp³-hybridized carbons (Fsp3) is 0.500. The van der Waals surface area contributed by atoms with Gasteiger partial charge < -0.3 is 14.4 Å². The lowest BCUT2D eigenvalue weighted by Gasteiger charge is -2.22. The van der Waals surface area contributed by atoms with E-state index in [2.05, 4.69) is 36.1 Å². The third kappa shape index (κ3) is 2.17. The molecule has 2 N–H and O–H groups in total. The maximum absolute atomic E-state index is 12.1. The van der Waals surface area contributed by atoms with Crippen molar-refractivity contribution < 1.29 is 19.2 Å². The predicted octanol–water partition coefficient (Wildman–Crippen LogP) is 2.94. The average Bonchev–Trinajstić information content (AvgIpc) is 3.39. The number of aromatic nitrogens is 3. The van der Waals surface area contributed by atoms with Gasteiger partial charge in [-0.25, -0.2) is 9.59 Å². The third-order valence-corrected chi connectivity index (χ3v) is 7.57. The first-order valence-electron chi connectivity index (χ1n) is 10.3. The SMILES string of the molecule is C[C@H]1CC1(c1noc(=O)[nH]1)n1c(C(=O)O)cc2cc(C3C4COC(C)(C)C43)ccc21. The summed E-state index contributed by atoms with van der Waals surface area (Å²) in [5, 5.41) is 14.7. The van der Waals surface area contributed by atoms with Gasteiger partial charge in [-0.15, -0.1) is 0 Å². The van der Waals surface area contributed by atoms with Crippen molar-refractivity contribution in [1.82, 2.24) is 14.7 Å². The summed E-state index contributed by atoms with van der Waals surface area (Å²) in [6.07, 6.45) is 0.680. The highest BCUT2D eigenvalue weighted by Crippen LogP contribution is 2.64. The van der Waals surface area contributed by atoms with E-state index in [-0.39, 0.29) is 17.2 Å². The second-order valence-corrected chi connectivity index (χ2v) is 9.59. The molecule has 8 heteroatoms. The first-order chi connectivity index (χ1) is 14.2. The summed E-state index contributed by atoms with van der Waals surface area (Å²) in [7, 11) is 0. The van der Waals surface area contributed by atoms with Gasteiger partial charge in [0, 0.05) is 16.8 Å². The molecule has 0 amide bonds. The number of H-pyrrole nitrogens is 1. The van der Waals surface area contributed by atoms with Crippen LogP contribution in [0.1, 0.15) is 55.0 Å². The van der Waals surface area contributed by atoms with Crippen LogP contribution >= 0.6 is 0 Å². The molecular weight excluding hydrogens is 386 g/mol. The number of hydrogen-bond donors (Lipinski definition) is 2. The number of carbonyl (C=O) groups is 1. The Morgan fingerprint density at radius 1 is 1.33 bits per heavy atom. The Morgan fingerprint density at radius 2 is 2.10 bits per heavy atom. The molecule has 2 saturated carbocycles. The molecule has 1 aromatic carbocycles. The minimum atomic E-state index is -1.00. The molecule has 3 aromatic rings. The molecule has 0 spiro atoms. The van der Waals surface area contributed by atoms with Crippen LogP contribution in [-0.2, 0) is 10.3 Å². The molecule has 3 heterocycles. The molecule has 1 saturated heterocycles. The first-order valence-corrected chi connectivity index (χ1v) is 10.3. The lowest BCUT2D eigenvalue weighted by molar-refractivity contribution is 0.00237. The molecule has 2 aromatic heterocycles. The van der Waals surface area contributed by atoms with Gasteiger partial charge in [0.1, 0.15) is 11.2 Å². The highest BCUT2D eigenvalue weighted by Gasteiger charge is 2.63. The third-order valence-electron chi connectivity index (χ3n) is 7.57. The van der Waals surface area contributed by atoms with E-state index in [0.29, 0.717) is 30.0 Å². The van der Waals surface area contributed by atoms with E-state index in [1.54, 1.807) is 6.07 Å². The number of aromatic carboxylic acids is 1. The number of benzene rings is 1. The van der Waals surface area contributed by atoms with Gasteiger partial charge in [-0.3, -0.25) is 9.51 Å². The van der Waals surface area contributed by atoms with E-state index in [1.165, 1.54) is 5.56 Å². The van der Waals surface area contributed by atoms with Crippen LogP contribution < -0.4 is 5.76 Å².